The first kappa shape index (κ1) is 12.6. The Hall–Kier alpha value is -0.820. The minimum Gasteiger partial charge on any atom is -0.327 e. The number of rotatable bonds is 2. The van der Waals surface area contributed by atoms with Crippen LogP contribution in [0.5, 0.6) is 0 Å². The van der Waals surface area contributed by atoms with E-state index in [1.165, 1.54) is 24.8 Å². The lowest BCUT2D eigenvalue weighted by Gasteiger charge is -2.43. The fourth-order valence-corrected chi connectivity index (χ4v) is 3.40. The van der Waals surface area contributed by atoms with Gasteiger partial charge in [0.25, 0.3) is 0 Å². The predicted molar refractivity (Wildman–Crippen MR) is 73.9 cm³/mol. The average molecular weight is 231 g/mol. The summed E-state index contributed by atoms with van der Waals surface area (Å²) in [7, 11) is 0. The Morgan fingerprint density at radius 3 is 2.35 bits per heavy atom. The summed E-state index contributed by atoms with van der Waals surface area (Å²) in [5, 5.41) is 0. The second-order valence-corrected chi connectivity index (χ2v) is 6.28. The van der Waals surface area contributed by atoms with Gasteiger partial charge in [0.1, 0.15) is 0 Å². The van der Waals surface area contributed by atoms with Crippen LogP contribution in [0, 0.1) is 11.8 Å². The molecule has 0 radical (unpaired) electrons. The van der Waals surface area contributed by atoms with Gasteiger partial charge in [-0.1, -0.05) is 57.5 Å². The van der Waals surface area contributed by atoms with Crippen molar-refractivity contribution in [1.29, 1.82) is 0 Å². The molecule has 0 aliphatic heterocycles. The van der Waals surface area contributed by atoms with Gasteiger partial charge in [-0.05, 0) is 35.7 Å². The van der Waals surface area contributed by atoms with Crippen LogP contribution in [0.4, 0.5) is 0 Å². The van der Waals surface area contributed by atoms with Crippen LogP contribution >= 0.6 is 0 Å². The van der Waals surface area contributed by atoms with Crippen molar-refractivity contribution in [2.45, 2.75) is 51.5 Å². The molecule has 3 atom stereocenters. The van der Waals surface area contributed by atoms with Gasteiger partial charge in [-0.2, -0.15) is 0 Å². The SMILES string of the molecule is C[C@@H]1CCC(C(C)(C)c2ccccc2)[C@H](N)C1. The van der Waals surface area contributed by atoms with E-state index < -0.39 is 0 Å². The number of hydrogen-bond donors (Lipinski definition) is 1. The van der Waals surface area contributed by atoms with Crippen LogP contribution < -0.4 is 5.73 Å². The summed E-state index contributed by atoms with van der Waals surface area (Å²) >= 11 is 0. The van der Waals surface area contributed by atoms with Gasteiger partial charge in [-0.3, -0.25) is 0 Å². The van der Waals surface area contributed by atoms with Crippen molar-refractivity contribution in [2.75, 3.05) is 0 Å². The molecule has 0 spiro atoms. The maximum Gasteiger partial charge on any atom is 0.00780 e. The lowest BCUT2D eigenvalue weighted by molar-refractivity contribution is 0.171. The van der Waals surface area contributed by atoms with Crippen LogP contribution in [-0.4, -0.2) is 6.04 Å². The molecule has 0 saturated heterocycles. The molecule has 2 N–H and O–H groups in total. The van der Waals surface area contributed by atoms with Gasteiger partial charge < -0.3 is 5.73 Å². The van der Waals surface area contributed by atoms with Crippen molar-refractivity contribution in [1.82, 2.24) is 0 Å². The van der Waals surface area contributed by atoms with Crippen LogP contribution in [0.2, 0.25) is 0 Å². The lowest BCUT2D eigenvalue weighted by atomic mass is 9.64. The summed E-state index contributed by atoms with van der Waals surface area (Å²) in [6.07, 6.45) is 3.78. The van der Waals surface area contributed by atoms with Crippen molar-refractivity contribution in [3.8, 4) is 0 Å². The van der Waals surface area contributed by atoms with Crippen LogP contribution in [-0.2, 0) is 5.41 Å². The number of hydrogen-bond acceptors (Lipinski definition) is 1. The zero-order valence-corrected chi connectivity index (χ0v) is 11.3. The summed E-state index contributed by atoms with van der Waals surface area (Å²) < 4.78 is 0. The Balaban J connectivity index is 2.21. The maximum absolute atomic E-state index is 6.39. The Morgan fingerprint density at radius 2 is 1.76 bits per heavy atom. The smallest absolute Gasteiger partial charge is 0.00780 e. The Kier molecular flexibility index (Phi) is 3.58. The number of nitrogens with two attached hydrogens (primary N) is 1. The summed E-state index contributed by atoms with van der Waals surface area (Å²) in [6.45, 7) is 7.03. The summed E-state index contributed by atoms with van der Waals surface area (Å²) in [6, 6.07) is 11.2. The van der Waals surface area contributed by atoms with Gasteiger partial charge in [0.05, 0.1) is 0 Å². The zero-order chi connectivity index (χ0) is 12.5. The molecule has 0 bridgehead atoms. The predicted octanol–water partition coefficient (Wildman–Crippen LogP) is 3.73. The third-order valence-corrected chi connectivity index (χ3v) is 4.61. The highest BCUT2D eigenvalue weighted by molar-refractivity contribution is 5.25. The van der Waals surface area contributed by atoms with Crippen molar-refractivity contribution in [3.05, 3.63) is 35.9 Å². The van der Waals surface area contributed by atoms with Crippen molar-refractivity contribution in [2.24, 2.45) is 17.6 Å². The molecule has 1 unspecified atom stereocenters. The molecule has 0 heterocycles. The van der Waals surface area contributed by atoms with Gasteiger partial charge in [0.15, 0.2) is 0 Å². The minimum absolute atomic E-state index is 0.195. The van der Waals surface area contributed by atoms with Crippen LogP contribution in [0.15, 0.2) is 30.3 Å². The topological polar surface area (TPSA) is 26.0 Å². The standard InChI is InChI=1S/C16H25N/c1-12-9-10-14(15(17)11-12)16(2,3)13-7-5-4-6-8-13/h4-8,12,14-15H,9-11,17H2,1-3H3/t12-,14?,15-/m1/s1. The summed E-state index contributed by atoms with van der Waals surface area (Å²) in [5.41, 5.74) is 8.01. The minimum atomic E-state index is 0.195. The van der Waals surface area contributed by atoms with Crippen LogP contribution in [0.1, 0.15) is 45.6 Å². The molecule has 1 saturated carbocycles. The molecule has 17 heavy (non-hydrogen) atoms. The summed E-state index contributed by atoms with van der Waals surface area (Å²) in [5.74, 6) is 1.41. The molecule has 1 fully saturated rings. The zero-order valence-electron chi connectivity index (χ0n) is 11.3. The highest BCUT2D eigenvalue weighted by Gasteiger charge is 2.38. The molecular weight excluding hydrogens is 206 g/mol. The molecule has 0 amide bonds. The Bertz CT molecular complexity index is 355. The monoisotopic (exact) mass is 231 g/mol. The Labute approximate surface area is 105 Å². The first-order chi connectivity index (χ1) is 8.01. The molecule has 1 aliphatic rings. The van der Waals surface area contributed by atoms with Gasteiger partial charge in [-0.15, -0.1) is 0 Å². The molecule has 1 aromatic rings. The molecule has 1 aliphatic carbocycles. The first-order valence-electron chi connectivity index (χ1n) is 6.83. The second-order valence-electron chi connectivity index (χ2n) is 6.28. The van der Waals surface area contributed by atoms with E-state index in [2.05, 4.69) is 51.1 Å². The maximum atomic E-state index is 6.39. The molecule has 1 heteroatoms. The molecular formula is C16H25N. The van der Waals surface area contributed by atoms with Gasteiger partial charge in [0, 0.05) is 6.04 Å². The lowest BCUT2D eigenvalue weighted by Crippen LogP contribution is -2.45. The van der Waals surface area contributed by atoms with Gasteiger partial charge >= 0.3 is 0 Å². The van der Waals surface area contributed by atoms with Gasteiger partial charge in [-0.25, -0.2) is 0 Å². The van der Waals surface area contributed by atoms with Crippen molar-refractivity contribution in [3.63, 3.8) is 0 Å². The Morgan fingerprint density at radius 1 is 1.12 bits per heavy atom. The second kappa shape index (κ2) is 4.81. The largest absolute Gasteiger partial charge is 0.327 e. The molecule has 1 aromatic carbocycles. The fourth-order valence-electron chi connectivity index (χ4n) is 3.40. The van der Waals surface area contributed by atoms with E-state index in [0.29, 0.717) is 12.0 Å². The van der Waals surface area contributed by atoms with E-state index in [1.807, 2.05) is 0 Å². The van der Waals surface area contributed by atoms with Crippen LogP contribution in [0.25, 0.3) is 0 Å². The molecule has 0 aromatic heterocycles. The van der Waals surface area contributed by atoms with E-state index in [4.69, 9.17) is 5.73 Å². The van der Waals surface area contributed by atoms with Gasteiger partial charge in [0.2, 0.25) is 0 Å². The fraction of sp³-hybridized carbons (Fsp3) is 0.625. The summed E-state index contributed by atoms with van der Waals surface area (Å²) in [4.78, 5) is 0. The van der Waals surface area contributed by atoms with Crippen LogP contribution in [0.3, 0.4) is 0 Å². The third kappa shape index (κ3) is 2.55. The van der Waals surface area contributed by atoms with E-state index >= 15 is 0 Å². The quantitative estimate of drug-likeness (QED) is 0.824. The average Bonchev–Trinajstić information content (AvgIpc) is 2.29. The highest BCUT2D eigenvalue weighted by atomic mass is 14.7. The molecule has 2 rings (SSSR count). The van der Waals surface area contributed by atoms with Crippen molar-refractivity contribution >= 4 is 0 Å². The molecule has 1 nitrogen and oxygen atoms in total. The van der Waals surface area contributed by atoms with Crippen molar-refractivity contribution < 1.29 is 0 Å². The first-order valence-corrected chi connectivity index (χ1v) is 6.83. The molecule has 94 valence electrons. The van der Waals surface area contributed by atoms with E-state index in [1.54, 1.807) is 0 Å². The third-order valence-electron chi connectivity index (χ3n) is 4.61. The van der Waals surface area contributed by atoms with E-state index in [9.17, 15) is 0 Å². The van der Waals surface area contributed by atoms with E-state index in [-0.39, 0.29) is 5.41 Å². The number of benzene rings is 1. The van der Waals surface area contributed by atoms with E-state index in [0.717, 1.165) is 5.92 Å². The highest BCUT2D eigenvalue weighted by Crippen LogP contribution is 2.41. The normalized spacial score (nSPS) is 30.2.